The van der Waals surface area contributed by atoms with Gasteiger partial charge in [-0.15, -0.1) is 0 Å². The van der Waals surface area contributed by atoms with Gasteiger partial charge in [0, 0.05) is 29.7 Å². The number of nitrogens with one attached hydrogen (secondary N) is 1. The highest BCUT2D eigenvalue weighted by atomic mass is 14.9. The molecule has 1 aromatic carbocycles. The van der Waals surface area contributed by atoms with Gasteiger partial charge in [-0.25, -0.2) is 0 Å². The Balaban J connectivity index is 1.86. The third kappa shape index (κ3) is 1.93. The van der Waals surface area contributed by atoms with Crippen LogP contribution in [0.2, 0.25) is 0 Å². The minimum Gasteiger partial charge on any atom is -0.314 e. The molecule has 1 aliphatic rings. The van der Waals surface area contributed by atoms with E-state index < -0.39 is 0 Å². The number of pyridine rings is 1. The molecule has 0 aliphatic carbocycles. The minimum absolute atomic E-state index is 0.633. The Hall–Kier alpha value is -1.41. The summed E-state index contributed by atoms with van der Waals surface area (Å²) in [5.74, 6) is 0. The van der Waals surface area contributed by atoms with Gasteiger partial charge in [0.15, 0.2) is 0 Å². The van der Waals surface area contributed by atoms with Crippen LogP contribution < -0.4 is 5.32 Å². The number of benzene rings is 1. The Morgan fingerprint density at radius 1 is 1.25 bits per heavy atom. The van der Waals surface area contributed by atoms with Gasteiger partial charge in [0.05, 0.1) is 0 Å². The second-order valence-electron chi connectivity index (χ2n) is 4.52. The Labute approximate surface area is 95.7 Å². The normalized spacial score (nSPS) is 20.4. The van der Waals surface area contributed by atoms with Crippen LogP contribution in [0.25, 0.3) is 10.8 Å². The fourth-order valence-electron chi connectivity index (χ4n) is 2.42. The number of rotatable bonds is 2. The highest BCUT2D eigenvalue weighted by Crippen LogP contribution is 2.16. The van der Waals surface area contributed by atoms with Crippen LogP contribution in [0.5, 0.6) is 0 Å². The molecular formula is C14H16N2. The van der Waals surface area contributed by atoms with Gasteiger partial charge in [-0.3, -0.25) is 4.98 Å². The fraction of sp³-hybridized carbons (Fsp3) is 0.357. The zero-order valence-electron chi connectivity index (χ0n) is 9.32. The van der Waals surface area contributed by atoms with Crippen molar-refractivity contribution in [3.63, 3.8) is 0 Å². The zero-order valence-corrected chi connectivity index (χ0v) is 9.32. The summed E-state index contributed by atoms with van der Waals surface area (Å²) in [6, 6.07) is 11.3. The Morgan fingerprint density at radius 3 is 2.94 bits per heavy atom. The first-order chi connectivity index (χ1) is 7.92. The van der Waals surface area contributed by atoms with Gasteiger partial charge in [-0.1, -0.05) is 24.3 Å². The summed E-state index contributed by atoms with van der Waals surface area (Å²) in [4.78, 5) is 4.53. The van der Waals surface area contributed by atoms with Crippen molar-refractivity contribution >= 4 is 10.8 Å². The van der Waals surface area contributed by atoms with E-state index in [-0.39, 0.29) is 0 Å². The molecule has 3 rings (SSSR count). The SMILES string of the molecule is c1ccc2cc(CC3CCCN3)ncc2c1. The predicted molar refractivity (Wildman–Crippen MR) is 66.5 cm³/mol. The van der Waals surface area contributed by atoms with E-state index in [1.807, 2.05) is 6.20 Å². The molecule has 1 fully saturated rings. The largest absolute Gasteiger partial charge is 0.314 e. The van der Waals surface area contributed by atoms with Gasteiger partial charge in [-0.05, 0) is 30.8 Å². The molecule has 2 nitrogen and oxygen atoms in total. The van der Waals surface area contributed by atoms with Crippen molar-refractivity contribution in [1.82, 2.24) is 10.3 Å². The standard InChI is InChI=1S/C14H16N2/c1-2-5-12-10-16-14(8-11(12)4-1)9-13-6-3-7-15-13/h1-2,4-5,8,10,13,15H,3,6-7,9H2. The Morgan fingerprint density at radius 2 is 2.12 bits per heavy atom. The van der Waals surface area contributed by atoms with Crippen LogP contribution >= 0.6 is 0 Å². The molecule has 0 amide bonds. The number of hydrogen-bond donors (Lipinski definition) is 1. The summed E-state index contributed by atoms with van der Waals surface area (Å²) in [5.41, 5.74) is 1.21. The molecule has 0 radical (unpaired) electrons. The van der Waals surface area contributed by atoms with Gasteiger partial charge >= 0.3 is 0 Å². The van der Waals surface area contributed by atoms with Gasteiger partial charge in [0.2, 0.25) is 0 Å². The summed E-state index contributed by atoms with van der Waals surface area (Å²) >= 11 is 0. The van der Waals surface area contributed by atoms with E-state index in [1.54, 1.807) is 0 Å². The van der Waals surface area contributed by atoms with Gasteiger partial charge < -0.3 is 5.32 Å². The summed E-state index contributed by atoms with van der Waals surface area (Å²) in [7, 11) is 0. The summed E-state index contributed by atoms with van der Waals surface area (Å²) in [5, 5.41) is 6.04. The number of nitrogens with zero attached hydrogens (tertiary/aromatic N) is 1. The van der Waals surface area contributed by atoms with Crippen LogP contribution in [-0.2, 0) is 6.42 Å². The van der Waals surface area contributed by atoms with Crippen molar-refractivity contribution in [2.45, 2.75) is 25.3 Å². The van der Waals surface area contributed by atoms with E-state index in [2.05, 4.69) is 40.6 Å². The lowest BCUT2D eigenvalue weighted by Crippen LogP contribution is -2.23. The molecule has 1 aromatic heterocycles. The first kappa shape index (κ1) is 9.79. The van der Waals surface area contributed by atoms with E-state index in [0.29, 0.717) is 6.04 Å². The first-order valence-electron chi connectivity index (χ1n) is 5.99. The lowest BCUT2D eigenvalue weighted by molar-refractivity contribution is 0.596. The van der Waals surface area contributed by atoms with E-state index in [9.17, 15) is 0 Å². The first-order valence-corrected chi connectivity index (χ1v) is 5.99. The smallest absolute Gasteiger partial charge is 0.0425 e. The van der Waals surface area contributed by atoms with Crippen molar-refractivity contribution < 1.29 is 0 Å². The highest BCUT2D eigenvalue weighted by Gasteiger charge is 2.14. The van der Waals surface area contributed by atoms with Crippen LogP contribution in [0.3, 0.4) is 0 Å². The van der Waals surface area contributed by atoms with E-state index in [4.69, 9.17) is 0 Å². The average molecular weight is 212 g/mol. The third-order valence-corrected chi connectivity index (χ3v) is 3.31. The second-order valence-corrected chi connectivity index (χ2v) is 4.52. The van der Waals surface area contributed by atoms with Gasteiger partial charge in [-0.2, -0.15) is 0 Å². The molecule has 2 heterocycles. The average Bonchev–Trinajstić information content (AvgIpc) is 2.82. The van der Waals surface area contributed by atoms with Crippen LogP contribution in [0.4, 0.5) is 0 Å². The molecule has 0 bridgehead atoms. The van der Waals surface area contributed by atoms with Crippen LogP contribution in [0, 0.1) is 0 Å². The maximum atomic E-state index is 4.53. The molecule has 1 saturated heterocycles. The zero-order chi connectivity index (χ0) is 10.8. The van der Waals surface area contributed by atoms with E-state index >= 15 is 0 Å². The summed E-state index contributed by atoms with van der Waals surface area (Å²) < 4.78 is 0. The lowest BCUT2D eigenvalue weighted by Gasteiger charge is -2.09. The van der Waals surface area contributed by atoms with Crippen LogP contribution in [-0.4, -0.2) is 17.6 Å². The van der Waals surface area contributed by atoms with Crippen LogP contribution in [0.1, 0.15) is 18.5 Å². The molecule has 1 unspecified atom stereocenters. The van der Waals surface area contributed by atoms with E-state index in [1.165, 1.54) is 29.3 Å². The maximum absolute atomic E-state index is 4.53. The molecule has 1 atom stereocenters. The van der Waals surface area contributed by atoms with Crippen molar-refractivity contribution in [2.24, 2.45) is 0 Å². The fourth-order valence-corrected chi connectivity index (χ4v) is 2.42. The summed E-state index contributed by atoms with van der Waals surface area (Å²) in [6.45, 7) is 1.16. The van der Waals surface area contributed by atoms with Crippen molar-refractivity contribution in [2.75, 3.05) is 6.54 Å². The Bertz CT molecular complexity index is 487. The van der Waals surface area contributed by atoms with Gasteiger partial charge in [0.1, 0.15) is 0 Å². The molecule has 1 N–H and O–H groups in total. The number of hydrogen-bond acceptors (Lipinski definition) is 2. The second kappa shape index (κ2) is 4.22. The molecule has 2 heteroatoms. The lowest BCUT2D eigenvalue weighted by atomic mass is 10.1. The van der Waals surface area contributed by atoms with Crippen molar-refractivity contribution in [3.05, 3.63) is 42.2 Å². The number of fused-ring (bicyclic) bond motifs is 1. The van der Waals surface area contributed by atoms with E-state index in [0.717, 1.165) is 13.0 Å². The predicted octanol–water partition coefficient (Wildman–Crippen LogP) is 2.53. The Kier molecular flexibility index (Phi) is 2.58. The monoisotopic (exact) mass is 212 g/mol. The quantitative estimate of drug-likeness (QED) is 0.827. The molecule has 0 saturated carbocycles. The molecule has 1 aliphatic heterocycles. The molecule has 16 heavy (non-hydrogen) atoms. The summed E-state index contributed by atoms with van der Waals surface area (Å²) in [6.07, 6.45) is 5.64. The van der Waals surface area contributed by atoms with Crippen LogP contribution in [0.15, 0.2) is 36.5 Å². The van der Waals surface area contributed by atoms with Crippen molar-refractivity contribution in [1.29, 1.82) is 0 Å². The molecular weight excluding hydrogens is 196 g/mol. The molecule has 2 aromatic rings. The maximum Gasteiger partial charge on any atom is 0.0425 e. The minimum atomic E-state index is 0.633. The van der Waals surface area contributed by atoms with Gasteiger partial charge in [0.25, 0.3) is 0 Å². The highest BCUT2D eigenvalue weighted by molar-refractivity contribution is 5.81. The molecule has 0 spiro atoms. The molecule has 82 valence electrons. The number of aromatic nitrogens is 1. The third-order valence-electron chi connectivity index (χ3n) is 3.31. The topological polar surface area (TPSA) is 24.9 Å². The van der Waals surface area contributed by atoms with Crippen molar-refractivity contribution in [3.8, 4) is 0 Å².